The highest BCUT2D eigenvalue weighted by molar-refractivity contribution is 9.09. The summed E-state index contributed by atoms with van der Waals surface area (Å²) in [4.78, 5) is 28.1. The number of alkyl halides is 1. The van der Waals surface area contributed by atoms with Gasteiger partial charge in [-0.15, -0.1) is 0 Å². The van der Waals surface area contributed by atoms with Crippen LogP contribution >= 0.6 is 15.9 Å². The van der Waals surface area contributed by atoms with Crippen LogP contribution in [0.15, 0.2) is 86.9 Å². The highest BCUT2D eigenvalue weighted by Gasteiger charge is 2.10. The predicted octanol–water partition coefficient (Wildman–Crippen LogP) is 5.25. The molecule has 0 N–H and O–H groups in total. The first-order valence-corrected chi connectivity index (χ1v) is 10.9. The van der Waals surface area contributed by atoms with E-state index in [0.717, 1.165) is 22.0 Å². The van der Waals surface area contributed by atoms with Crippen LogP contribution in [0, 0.1) is 0 Å². The van der Waals surface area contributed by atoms with Crippen molar-refractivity contribution in [1.82, 2.24) is 9.55 Å². The van der Waals surface area contributed by atoms with Crippen molar-refractivity contribution in [2.24, 2.45) is 0 Å². The molecule has 0 atom stereocenters. The lowest BCUT2D eigenvalue weighted by Gasteiger charge is -2.08. The van der Waals surface area contributed by atoms with Crippen LogP contribution in [0.4, 0.5) is 0 Å². The summed E-state index contributed by atoms with van der Waals surface area (Å²) in [6, 6.07) is 21.2. The molecule has 2 aromatic carbocycles. The maximum absolute atomic E-state index is 12.1. The minimum Gasteiger partial charge on any atom is -0.372 e. The second kappa shape index (κ2) is 10.7. The molecule has 4 rings (SSSR count). The van der Waals surface area contributed by atoms with Crippen LogP contribution in [-0.4, -0.2) is 14.9 Å². The molecule has 0 amide bonds. The smallest absolute Gasteiger partial charge is 0.372 e. The highest BCUT2D eigenvalue weighted by atomic mass is 79.9. The normalized spacial score (nSPS) is 10.5. The van der Waals surface area contributed by atoms with Gasteiger partial charge in [-0.3, -0.25) is 4.57 Å². The van der Waals surface area contributed by atoms with Crippen LogP contribution < -0.4 is 11.4 Å². The molecule has 4 aromatic rings. The first-order valence-electron chi connectivity index (χ1n) is 9.83. The van der Waals surface area contributed by atoms with Crippen LogP contribution in [0.25, 0.3) is 22.2 Å². The number of halogens is 1. The Morgan fingerprint density at radius 1 is 0.933 bits per heavy atom. The molecule has 2 aromatic heterocycles. The number of nitrogens with zero attached hydrogens (tertiary/aromatic N) is 2. The van der Waals surface area contributed by atoms with Gasteiger partial charge >= 0.3 is 11.4 Å². The summed E-state index contributed by atoms with van der Waals surface area (Å²) in [7, 11) is 0. The maximum atomic E-state index is 12.1. The molecule has 0 saturated carbocycles. The number of rotatable bonds is 5. The Labute approximate surface area is 183 Å². The second-order valence-electron chi connectivity index (χ2n) is 6.72. The topological polar surface area (TPSA) is 65.1 Å². The number of unbranched alkanes of at least 4 members (excludes halogenated alkanes) is 1. The van der Waals surface area contributed by atoms with E-state index in [2.05, 4.69) is 27.8 Å². The van der Waals surface area contributed by atoms with Gasteiger partial charge in [0.1, 0.15) is 5.39 Å². The molecule has 0 unspecified atom stereocenters. The Hall–Kier alpha value is -2.99. The van der Waals surface area contributed by atoms with Crippen molar-refractivity contribution in [3.05, 3.63) is 99.5 Å². The SMILES string of the molecule is CCCCBr.O=c1oc(=O)n(Cc2ccc(-c3ccccc3)cc2)c2ncccc12. The molecule has 0 spiro atoms. The first kappa shape index (κ1) is 21.7. The summed E-state index contributed by atoms with van der Waals surface area (Å²) in [5.41, 5.74) is 2.81. The van der Waals surface area contributed by atoms with Crippen molar-refractivity contribution >= 4 is 27.0 Å². The van der Waals surface area contributed by atoms with E-state index in [0.29, 0.717) is 11.0 Å². The molecule has 0 radical (unpaired) electrons. The van der Waals surface area contributed by atoms with Crippen LogP contribution in [0.5, 0.6) is 0 Å². The van der Waals surface area contributed by atoms with Crippen molar-refractivity contribution in [1.29, 1.82) is 0 Å². The van der Waals surface area contributed by atoms with Gasteiger partial charge in [-0.05, 0) is 35.2 Å². The third-order valence-electron chi connectivity index (χ3n) is 4.55. The van der Waals surface area contributed by atoms with Gasteiger partial charge in [-0.1, -0.05) is 83.9 Å². The van der Waals surface area contributed by atoms with Crippen LogP contribution in [-0.2, 0) is 6.54 Å². The fourth-order valence-corrected chi connectivity index (χ4v) is 3.50. The van der Waals surface area contributed by atoms with Crippen molar-refractivity contribution < 1.29 is 4.42 Å². The zero-order valence-electron chi connectivity index (χ0n) is 16.8. The summed E-state index contributed by atoms with van der Waals surface area (Å²) in [5, 5.41) is 1.45. The molecule has 0 aliphatic heterocycles. The van der Waals surface area contributed by atoms with E-state index in [4.69, 9.17) is 4.42 Å². The molecule has 5 nitrogen and oxygen atoms in total. The van der Waals surface area contributed by atoms with Gasteiger partial charge in [0.2, 0.25) is 0 Å². The zero-order chi connectivity index (χ0) is 21.3. The minimum absolute atomic E-state index is 0.283. The lowest BCUT2D eigenvalue weighted by atomic mass is 10.0. The van der Waals surface area contributed by atoms with Gasteiger partial charge < -0.3 is 4.42 Å². The minimum atomic E-state index is -0.705. The Balaban J connectivity index is 0.000000461. The number of pyridine rings is 1. The molecule has 0 bridgehead atoms. The number of hydrogen-bond donors (Lipinski definition) is 0. The molecule has 2 heterocycles. The van der Waals surface area contributed by atoms with E-state index in [1.165, 1.54) is 17.4 Å². The van der Waals surface area contributed by atoms with E-state index in [-0.39, 0.29) is 6.54 Å². The average Bonchev–Trinajstić information content (AvgIpc) is 2.79. The molecule has 0 aliphatic rings. The fourth-order valence-electron chi connectivity index (χ4n) is 2.94. The van der Waals surface area contributed by atoms with E-state index in [1.54, 1.807) is 18.3 Å². The Kier molecular flexibility index (Phi) is 7.74. The lowest BCUT2D eigenvalue weighted by molar-refractivity contribution is 0.423. The largest absolute Gasteiger partial charge is 0.423 e. The summed E-state index contributed by atoms with van der Waals surface area (Å²) in [6.07, 6.45) is 4.15. The molecule has 0 saturated heterocycles. The van der Waals surface area contributed by atoms with Gasteiger partial charge in [-0.25, -0.2) is 14.6 Å². The van der Waals surface area contributed by atoms with Crippen LogP contribution in [0.2, 0.25) is 0 Å². The van der Waals surface area contributed by atoms with Crippen molar-refractivity contribution in [2.75, 3.05) is 5.33 Å². The average molecular weight is 467 g/mol. The summed E-state index contributed by atoms with van der Waals surface area (Å²) >= 11 is 3.31. The van der Waals surface area contributed by atoms with Gasteiger partial charge in [0.25, 0.3) is 0 Å². The molecule has 0 fully saturated rings. The molecule has 6 heteroatoms. The fraction of sp³-hybridized carbons (Fsp3) is 0.208. The summed E-state index contributed by atoms with van der Waals surface area (Å²) in [6.45, 7) is 2.46. The van der Waals surface area contributed by atoms with Crippen LogP contribution in [0.3, 0.4) is 0 Å². The molecule has 154 valence electrons. The quantitative estimate of drug-likeness (QED) is 0.377. The highest BCUT2D eigenvalue weighted by Crippen LogP contribution is 2.19. The maximum Gasteiger partial charge on any atom is 0.423 e. The number of benzene rings is 2. The second-order valence-corrected chi connectivity index (χ2v) is 7.51. The monoisotopic (exact) mass is 466 g/mol. The molecule has 0 aliphatic carbocycles. The number of hydrogen-bond acceptors (Lipinski definition) is 4. The van der Waals surface area contributed by atoms with E-state index in [1.807, 2.05) is 54.6 Å². The van der Waals surface area contributed by atoms with Gasteiger partial charge in [0, 0.05) is 11.5 Å². The van der Waals surface area contributed by atoms with Gasteiger partial charge in [-0.2, -0.15) is 0 Å². The van der Waals surface area contributed by atoms with Crippen molar-refractivity contribution in [3.8, 4) is 11.1 Å². The van der Waals surface area contributed by atoms with Gasteiger partial charge in [0.15, 0.2) is 5.65 Å². The van der Waals surface area contributed by atoms with Crippen LogP contribution in [0.1, 0.15) is 25.3 Å². The van der Waals surface area contributed by atoms with Crippen molar-refractivity contribution in [3.63, 3.8) is 0 Å². The molecule has 30 heavy (non-hydrogen) atoms. The van der Waals surface area contributed by atoms with E-state index < -0.39 is 11.4 Å². The summed E-state index contributed by atoms with van der Waals surface area (Å²) < 4.78 is 6.17. The standard InChI is InChI=1S/C20H14N2O3.C4H9Br/c23-19-17-7-4-12-21-18(17)22(20(24)25-19)13-14-8-10-16(11-9-14)15-5-2-1-3-6-15;1-2-3-4-5/h1-12H,13H2;2-4H2,1H3. The van der Waals surface area contributed by atoms with Gasteiger partial charge in [0.05, 0.1) is 6.54 Å². The molecular weight excluding hydrogens is 444 g/mol. The third-order valence-corrected chi connectivity index (χ3v) is 5.11. The van der Waals surface area contributed by atoms with E-state index in [9.17, 15) is 9.59 Å². The first-order chi connectivity index (χ1) is 14.6. The lowest BCUT2D eigenvalue weighted by Crippen LogP contribution is -2.26. The third kappa shape index (κ3) is 5.33. The Bertz CT molecular complexity index is 1200. The number of aromatic nitrogens is 2. The predicted molar refractivity (Wildman–Crippen MR) is 124 cm³/mol. The molecular formula is C24H23BrN2O3. The number of fused-ring (bicyclic) bond motifs is 1. The summed E-state index contributed by atoms with van der Waals surface area (Å²) in [5.74, 6) is -0.705. The zero-order valence-corrected chi connectivity index (χ0v) is 18.3. The Morgan fingerprint density at radius 2 is 1.63 bits per heavy atom. The van der Waals surface area contributed by atoms with Crippen molar-refractivity contribution in [2.45, 2.75) is 26.3 Å². The van der Waals surface area contributed by atoms with E-state index >= 15 is 0 Å². The Morgan fingerprint density at radius 3 is 2.27 bits per heavy atom.